The third kappa shape index (κ3) is 4.23. The number of benzene rings is 4. The molecule has 3 heterocycles. The van der Waals surface area contributed by atoms with Crippen LogP contribution in [0.15, 0.2) is 120 Å². The van der Waals surface area contributed by atoms with Crippen molar-refractivity contribution in [1.82, 2.24) is 9.97 Å². The predicted molar refractivity (Wildman–Crippen MR) is 166 cm³/mol. The molecule has 3 aromatic heterocycles. The van der Waals surface area contributed by atoms with Gasteiger partial charge in [0, 0.05) is 34.3 Å². The highest BCUT2D eigenvalue weighted by Crippen LogP contribution is 2.35. The number of para-hydroxylation sites is 1. The number of hydrogen-bond acceptors (Lipinski definition) is 3. The minimum absolute atomic E-state index is 0.652. The maximum Gasteiger partial charge on any atom is 0.227 e. The Morgan fingerprint density at radius 2 is 1.28 bits per heavy atom. The van der Waals surface area contributed by atoms with E-state index in [1.54, 1.807) is 6.20 Å². The summed E-state index contributed by atoms with van der Waals surface area (Å²) >= 11 is 0. The fourth-order valence-corrected chi connectivity index (χ4v) is 6.49. The quantitative estimate of drug-likeness (QED) is 0.217. The molecule has 7 aromatic rings. The Bertz CT molecular complexity index is 1980. The monoisotopic (exact) mass is 520 g/mol. The van der Waals surface area contributed by atoms with Gasteiger partial charge in [-0.25, -0.2) is 4.98 Å². The molecular formula is C35H28N2OSi. The minimum atomic E-state index is -1.31. The Balaban J connectivity index is 1.23. The van der Waals surface area contributed by atoms with E-state index in [4.69, 9.17) is 9.40 Å². The van der Waals surface area contributed by atoms with Gasteiger partial charge < -0.3 is 4.42 Å². The summed E-state index contributed by atoms with van der Waals surface area (Å²) in [6.07, 6.45) is 3.71. The molecule has 0 saturated heterocycles. The van der Waals surface area contributed by atoms with E-state index in [0.29, 0.717) is 5.71 Å². The topological polar surface area (TPSA) is 38.9 Å². The van der Waals surface area contributed by atoms with Crippen LogP contribution >= 0.6 is 0 Å². The lowest BCUT2D eigenvalue weighted by atomic mass is 9.98. The average Bonchev–Trinajstić information content (AvgIpc) is 3.35. The number of pyridine rings is 2. The van der Waals surface area contributed by atoms with Crippen molar-refractivity contribution in [3.63, 3.8) is 0 Å². The Morgan fingerprint density at radius 3 is 2.00 bits per heavy atom. The SMILES string of the molecule is C[Si](C)(C)c1ccc(-c2ccc3ccc(-c4ccc(-c5cccc6c5oc5ncccc56)nc4)cc3c2)cc1. The Labute approximate surface area is 228 Å². The van der Waals surface area contributed by atoms with E-state index >= 15 is 0 Å². The van der Waals surface area contributed by atoms with Crippen LogP contribution < -0.4 is 5.19 Å². The van der Waals surface area contributed by atoms with Gasteiger partial charge in [0.2, 0.25) is 5.71 Å². The molecule has 0 radical (unpaired) electrons. The zero-order valence-electron chi connectivity index (χ0n) is 22.3. The van der Waals surface area contributed by atoms with Crippen LogP contribution in [-0.4, -0.2) is 18.0 Å². The molecule has 7 rings (SSSR count). The fraction of sp³-hybridized carbons (Fsp3) is 0.0857. The van der Waals surface area contributed by atoms with Gasteiger partial charge in [0.05, 0.1) is 13.8 Å². The van der Waals surface area contributed by atoms with Crippen molar-refractivity contribution in [3.05, 3.63) is 116 Å². The maximum absolute atomic E-state index is 6.12. The Hall–Kier alpha value is -4.54. The predicted octanol–water partition coefficient (Wildman–Crippen LogP) is 9.08. The van der Waals surface area contributed by atoms with E-state index in [-0.39, 0.29) is 0 Å². The first-order valence-electron chi connectivity index (χ1n) is 13.3. The van der Waals surface area contributed by atoms with E-state index in [1.807, 2.05) is 18.3 Å². The van der Waals surface area contributed by atoms with E-state index < -0.39 is 8.07 Å². The zero-order chi connectivity index (χ0) is 26.6. The number of hydrogen-bond donors (Lipinski definition) is 0. The van der Waals surface area contributed by atoms with Crippen molar-refractivity contribution >= 4 is 46.1 Å². The molecule has 4 heteroatoms. The van der Waals surface area contributed by atoms with Crippen LogP contribution in [0.2, 0.25) is 19.6 Å². The van der Waals surface area contributed by atoms with E-state index in [2.05, 4.69) is 116 Å². The first kappa shape index (κ1) is 23.6. The second-order valence-electron chi connectivity index (χ2n) is 11.2. The summed E-state index contributed by atoms with van der Waals surface area (Å²) in [5.41, 5.74) is 8.06. The molecule has 0 fully saturated rings. The Morgan fingerprint density at radius 1 is 0.590 bits per heavy atom. The maximum atomic E-state index is 6.12. The van der Waals surface area contributed by atoms with Gasteiger partial charge in [0.1, 0.15) is 5.58 Å². The van der Waals surface area contributed by atoms with Gasteiger partial charge >= 0.3 is 0 Å². The second-order valence-corrected chi connectivity index (χ2v) is 16.3. The summed E-state index contributed by atoms with van der Waals surface area (Å²) in [7, 11) is -1.31. The molecular weight excluding hydrogens is 492 g/mol. The molecule has 0 saturated carbocycles. The minimum Gasteiger partial charge on any atom is -0.437 e. The molecule has 0 atom stereocenters. The first-order chi connectivity index (χ1) is 18.9. The van der Waals surface area contributed by atoms with Gasteiger partial charge in [0.25, 0.3) is 0 Å². The largest absolute Gasteiger partial charge is 0.437 e. The molecule has 188 valence electrons. The summed E-state index contributed by atoms with van der Waals surface area (Å²) < 4.78 is 6.12. The highest BCUT2D eigenvalue weighted by Gasteiger charge is 2.16. The second kappa shape index (κ2) is 9.04. The molecule has 0 amide bonds. The first-order valence-corrected chi connectivity index (χ1v) is 16.8. The smallest absolute Gasteiger partial charge is 0.227 e. The van der Waals surface area contributed by atoms with Gasteiger partial charge in [-0.3, -0.25) is 4.98 Å². The standard InChI is InChI=1S/C35H28N2OSi/c1-39(2,3)29-16-13-23(14-17-29)25-11-9-24-10-12-26(21-28(24)20-25)27-15-18-33(37-22-27)32-7-4-6-30-31-8-5-19-36-35(31)38-34(30)32/h4-22H,1-3H3. The number of nitrogens with zero attached hydrogens (tertiary/aromatic N) is 2. The third-order valence-corrected chi connectivity index (χ3v) is 9.64. The van der Waals surface area contributed by atoms with Crippen molar-refractivity contribution in [2.24, 2.45) is 0 Å². The van der Waals surface area contributed by atoms with E-state index in [0.717, 1.165) is 38.7 Å². The summed E-state index contributed by atoms with van der Waals surface area (Å²) in [5.74, 6) is 0. The fourth-order valence-electron chi connectivity index (χ4n) is 5.33. The number of fused-ring (bicyclic) bond motifs is 4. The van der Waals surface area contributed by atoms with Gasteiger partial charge in [-0.15, -0.1) is 0 Å². The molecule has 0 N–H and O–H groups in total. The Kier molecular flexibility index (Phi) is 5.46. The van der Waals surface area contributed by atoms with Crippen molar-refractivity contribution in [2.45, 2.75) is 19.6 Å². The number of rotatable bonds is 4. The van der Waals surface area contributed by atoms with Gasteiger partial charge in [-0.2, -0.15) is 0 Å². The van der Waals surface area contributed by atoms with E-state index in [9.17, 15) is 0 Å². The molecule has 39 heavy (non-hydrogen) atoms. The lowest BCUT2D eigenvalue weighted by Gasteiger charge is -2.17. The van der Waals surface area contributed by atoms with E-state index in [1.165, 1.54) is 27.1 Å². The normalized spacial score (nSPS) is 12.0. The molecule has 0 aliphatic rings. The molecule has 0 spiro atoms. The summed E-state index contributed by atoms with van der Waals surface area (Å²) in [4.78, 5) is 9.23. The zero-order valence-corrected chi connectivity index (χ0v) is 23.3. The van der Waals surface area contributed by atoms with Crippen LogP contribution in [0.4, 0.5) is 0 Å². The van der Waals surface area contributed by atoms with Crippen LogP contribution in [0.25, 0.3) is 66.4 Å². The van der Waals surface area contributed by atoms with Gasteiger partial charge in [0.15, 0.2) is 0 Å². The summed E-state index contributed by atoms with van der Waals surface area (Å²) in [6.45, 7) is 7.16. The molecule has 3 nitrogen and oxygen atoms in total. The van der Waals surface area contributed by atoms with Crippen LogP contribution in [0.1, 0.15) is 0 Å². The molecule has 0 unspecified atom stereocenters. The lowest BCUT2D eigenvalue weighted by molar-refractivity contribution is 0.655. The van der Waals surface area contributed by atoms with Crippen molar-refractivity contribution in [3.8, 4) is 33.5 Å². The summed E-state index contributed by atoms with van der Waals surface area (Å²) in [6, 6.07) is 36.9. The highest BCUT2D eigenvalue weighted by atomic mass is 28.3. The van der Waals surface area contributed by atoms with Crippen molar-refractivity contribution in [1.29, 1.82) is 0 Å². The number of furan rings is 1. The van der Waals surface area contributed by atoms with Crippen LogP contribution in [0.5, 0.6) is 0 Å². The molecule has 0 bridgehead atoms. The van der Waals surface area contributed by atoms with Crippen LogP contribution in [0, 0.1) is 0 Å². The molecule has 0 aliphatic carbocycles. The number of aromatic nitrogens is 2. The lowest BCUT2D eigenvalue weighted by Crippen LogP contribution is -2.37. The summed E-state index contributed by atoms with van der Waals surface area (Å²) in [5, 5.41) is 6.02. The molecule has 4 aromatic carbocycles. The highest BCUT2D eigenvalue weighted by molar-refractivity contribution is 6.88. The van der Waals surface area contributed by atoms with Crippen molar-refractivity contribution in [2.75, 3.05) is 0 Å². The van der Waals surface area contributed by atoms with Crippen LogP contribution in [0.3, 0.4) is 0 Å². The van der Waals surface area contributed by atoms with Crippen molar-refractivity contribution < 1.29 is 4.42 Å². The van der Waals surface area contributed by atoms with Crippen LogP contribution in [-0.2, 0) is 0 Å². The van der Waals surface area contributed by atoms with Gasteiger partial charge in [-0.05, 0) is 63.9 Å². The molecule has 0 aliphatic heterocycles. The van der Waals surface area contributed by atoms with Gasteiger partial charge in [-0.1, -0.05) is 91.6 Å². The average molecular weight is 521 g/mol. The third-order valence-electron chi connectivity index (χ3n) is 7.57.